The molecule has 9 heteroatoms. The summed E-state index contributed by atoms with van der Waals surface area (Å²) in [5.41, 5.74) is 3.00. The molecule has 0 bridgehead atoms. The van der Waals surface area contributed by atoms with E-state index in [0.717, 1.165) is 32.6 Å². The van der Waals surface area contributed by atoms with Gasteiger partial charge in [-0.2, -0.15) is 0 Å². The number of nitro benzene ring substituents is 1. The highest BCUT2D eigenvalue weighted by Gasteiger charge is 2.30. The van der Waals surface area contributed by atoms with E-state index in [1.54, 1.807) is 6.07 Å². The zero-order chi connectivity index (χ0) is 19.5. The molecule has 0 spiro atoms. The molecule has 2 aromatic carbocycles. The Bertz CT molecular complexity index is 966. The molecule has 146 valence electrons. The summed E-state index contributed by atoms with van der Waals surface area (Å²) < 4.78 is 4.85. The van der Waals surface area contributed by atoms with Crippen LogP contribution >= 0.6 is 0 Å². The number of anilines is 2. The third-order valence-electron chi connectivity index (χ3n) is 5.09. The molecule has 1 aromatic heterocycles. The average molecular weight is 382 g/mol. The first-order valence-electron chi connectivity index (χ1n) is 9.28. The van der Waals surface area contributed by atoms with Gasteiger partial charge in [0.15, 0.2) is 5.52 Å². The van der Waals surface area contributed by atoms with Gasteiger partial charge >= 0.3 is 5.69 Å². The highest BCUT2D eigenvalue weighted by atomic mass is 16.6. The zero-order valence-electron chi connectivity index (χ0n) is 15.7. The lowest BCUT2D eigenvalue weighted by molar-refractivity contribution is -0.382. The quantitative estimate of drug-likeness (QED) is 0.513. The minimum absolute atomic E-state index is 0.0468. The van der Waals surface area contributed by atoms with E-state index in [-0.39, 0.29) is 11.2 Å². The molecule has 0 atom stereocenters. The van der Waals surface area contributed by atoms with Gasteiger partial charge in [0.05, 0.1) is 10.6 Å². The van der Waals surface area contributed by atoms with Crippen LogP contribution in [0.3, 0.4) is 0 Å². The SMILES string of the molecule is CN1CCN(c2cc(NCCc3ccccc3)c3nonc3c2[N+](=O)[O-])CC1. The van der Waals surface area contributed by atoms with Crippen molar-refractivity contribution in [3.05, 3.63) is 52.1 Å². The number of likely N-dealkylation sites (N-methyl/N-ethyl adjacent to an activating group) is 1. The van der Waals surface area contributed by atoms with E-state index in [1.807, 2.05) is 30.1 Å². The fraction of sp³-hybridized carbons (Fsp3) is 0.368. The lowest BCUT2D eigenvalue weighted by Crippen LogP contribution is -2.44. The monoisotopic (exact) mass is 382 g/mol. The van der Waals surface area contributed by atoms with Gasteiger partial charge in [0.2, 0.25) is 5.52 Å². The zero-order valence-corrected chi connectivity index (χ0v) is 15.7. The van der Waals surface area contributed by atoms with Crippen LogP contribution in [-0.4, -0.2) is 59.9 Å². The van der Waals surface area contributed by atoms with Gasteiger partial charge in [-0.15, -0.1) is 0 Å². The number of hydrogen-bond donors (Lipinski definition) is 1. The molecule has 0 amide bonds. The predicted molar refractivity (Wildman–Crippen MR) is 107 cm³/mol. The largest absolute Gasteiger partial charge is 0.383 e. The van der Waals surface area contributed by atoms with Gasteiger partial charge in [0.1, 0.15) is 5.69 Å². The van der Waals surface area contributed by atoms with Crippen molar-refractivity contribution in [2.75, 3.05) is 50.0 Å². The van der Waals surface area contributed by atoms with Gasteiger partial charge in [-0.1, -0.05) is 30.3 Å². The number of nitro groups is 1. The average Bonchev–Trinajstić information content (AvgIpc) is 3.18. The second kappa shape index (κ2) is 7.81. The summed E-state index contributed by atoms with van der Waals surface area (Å²) in [7, 11) is 2.05. The Balaban J connectivity index is 1.65. The molecule has 0 unspecified atom stereocenters. The molecular weight excluding hydrogens is 360 g/mol. The van der Waals surface area contributed by atoms with Crippen molar-refractivity contribution >= 4 is 28.1 Å². The van der Waals surface area contributed by atoms with Crippen molar-refractivity contribution in [2.45, 2.75) is 6.42 Å². The van der Waals surface area contributed by atoms with Crippen LogP contribution < -0.4 is 10.2 Å². The number of nitrogens with zero attached hydrogens (tertiary/aromatic N) is 5. The number of nitrogens with one attached hydrogen (secondary N) is 1. The van der Waals surface area contributed by atoms with Crippen molar-refractivity contribution in [1.82, 2.24) is 15.2 Å². The highest BCUT2D eigenvalue weighted by molar-refractivity contribution is 5.99. The summed E-state index contributed by atoms with van der Waals surface area (Å²) in [4.78, 5) is 15.6. The first-order chi connectivity index (χ1) is 13.6. The van der Waals surface area contributed by atoms with Gasteiger partial charge in [-0.25, -0.2) is 4.63 Å². The Labute approximate surface area is 162 Å². The van der Waals surface area contributed by atoms with Gasteiger partial charge in [-0.05, 0) is 35.4 Å². The molecule has 1 saturated heterocycles. The van der Waals surface area contributed by atoms with Crippen molar-refractivity contribution in [2.24, 2.45) is 0 Å². The molecule has 4 rings (SSSR count). The molecule has 1 aliphatic heterocycles. The molecule has 0 aliphatic carbocycles. The standard InChI is InChI=1S/C19H22N6O3/c1-23-9-11-24(12-10-23)16-13-15(20-8-7-14-5-3-2-4-6-14)17-18(22-28-21-17)19(16)25(26)27/h2-6,13,20H,7-12H2,1H3. The molecule has 9 nitrogen and oxygen atoms in total. The van der Waals surface area contributed by atoms with Crippen molar-refractivity contribution in [1.29, 1.82) is 0 Å². The maximum atomic E-state index is 11.8. The second-order valence-corrected chi connectivity index (χ2v) is 6.96. The molecular formula is C19H22N6O3. The number of piperazine rings is 1. The van der Waals surface area contributed by atoms with E-state index in [1.165, 1.54) is 5.56 Å². The van der Waals surface area contributed by atoms with E-state index in [4.69, 9.17) is 4.63 Å². The number of aromatic nitrogens is 2. The van der Waals surface area contributed by atoms with Gasteiger partial charge < -0.3 is 15.1 Å². The molecule has 2 heterocycles. The summed E-state index contributed by atoms with van der Waals surface area (Å²) in [6.45, 7) is 3.81. The predicted octanol–water partition coefficient (Wildman–Crippen LogP) is 2.54. The van der Waals surface area contributed by atoms with E-state index in [2.05, 4.69) is 32.7 Å². The maximum Gasteiger partial charge on any atom is 0.323 e. The topological polar surface area (TPSA) is 101 Å². The van der Waals surface area contributed by atoms with Crippen molar-refractivity contribution in [3.63, 3.8) is 0 Å². The van der Waals surface area contributed by atoms with Crippen LogP contribution in [0.15, 0.2) is 41.0 Å². The third-order valence-corrected chi connectivity index (χ3v) is 5.09. The molecule has 0 saturated carbocycles. The summed E-state index contributed by atoms with van der Waals surface area (Å²) in [5, 5.41) is 22.9. The molecule has 0 radical (unpaired) electrons. The van der Waals surface area contributed by atoms with Crippen molar-refractivity contribution in [3.8, 4) is 0 Å². The Morgan fingerprint density at radius 1 is 1.14 bits per heavy atom. The van der Waals surface area contributed by atoms with Crippen LogP contribution in [-0.2, 0) is 6.42 Å². The van der Waals surface area contributed by atoms with E-state index >= 15 is 0 Å². The molecule has 1 N–H and O–H groups in total. The third kappa shape index (κ3) is 3.61. The minimum Gasteiger partial charge on any atom is -0.383 e. The van der Waals surface area contributed by atoms with E-state index in [0.29, 0.717) is 23.4 Å². The number of rotatable bonds is 6. The summed E-state index contributed by atoms with van der Waals surface area (Å²) in [6, 6.07) is 11.9. The fourth-order valence-corrected chi connectivity index (χ4v) is 3.50. The Hall–Kier alpha value is -3.20. The summed E-state index contributed by atoms with van der Waals surface area (Å²) in [5.74, 6) is 0. The second-order valence-electron chi connectivity index (χ2n) is 6.96. The smallest absolute Gasteiger partial charge is 0.323 e. The van der Waals surface area contributed by atoms with Crippen LogP contribution in [0.2, 0.25) is 0 Å². The Kier molecular flexibility index (Phi) is 5.07. The minimum atomic E-state index is -0.395. The normalized spacial score (nSPS) is 15.1. The highest BCUT2D eigenvalue weighted by Crippen LogP contribution is 2.39. The summed E-state index contributed by atoms with van der Waals surface area (Å²) >= 11 is 0. The van der Waals surface area contributed by atoms with Crippen LogP contribution in [0.1, 0.15) is 5.56 Å². The van der Waals surface area contributed by atoms with Crippen LogP contribution in [0.4, 0.5) is 17.1 Å². The number of fused-ring (bicyclic) bond motifs is 1. The molecule has 1 aliphatic rings. The van der Waals surface area contributed by atoms with Gasteiger partial charge in [0, 0.05) is 32.7 Å². The fourth-order valence-electron chi connectivity index (χ4n) is 3.50. The molecule has 3 aromatic rings. The Morgan fingerprint density at radius 3 is 2.57 bits per heavy atom. The first kappa shape index (κ1) is 18.2. The van der Waals surface area contributed by atoms with Crippen LogP contribution in [0, 0.1) is 10.1 Å². The number of benzene rings is 2. The van der Waals surface area contributed by atoms with E-state index in [9.17, 15) is 10.1 Å². The number of hydrogen-bond acceptors (Lipinski definition) is 8. The maximum absolute atomic E-state index is 11.8. The summed E-state index contributed by atoms with van der Waals surface area (Å²) in [6.07, 6.45) is 0.828. The lowest BCUT2D eigenvalue weighted by atomic mass is 10.1. The lowest BCUT2D eigenvalue weighted by Gasteiger charge is -2.33. The van der Waals surface area contributed by atoms with E-state index < -0.39 is 4.92 Å². The first-order valence-corrected chi connectivity index (χ1v) is 9.28. The molecule has 28 heavy (non-hydrogen) atoms. The van der Waals surface area contributed by atoms with Gasteiger partial charge in [0.25, 0.3) is 0 Å². The van der Waals surface area contributed by atoms with Crippen LogP contribution in [0.5, 0.6) is 0 Å². The van der Waals surface area contributed by atoms with Crippen LogP contribution in [0.25, 0.3) is 11.0 Å². The molecule has 1 fully saturated rings. The Morgan fingerprint density at radius 2 is 1.86 bits per heavy atom. The van der Waals surface area contributed by atoms with Gasteiger partial charge in [-0.3, -0.25) is 10.1 Å². The van der Waals surface area contributed by atoms with Crippen molar-refractivity contribution < 1.29 is 9.55 Å².